The van der Waals surface area contributed by atoms with Crippen LogP contribution in [0.15, 0.2) is 60.7 Å². The van der Waals surface area contributed by atoms with Crippen molar-refractivity contribution in [3.8, 4) is 17.2 Å². The molecule has 3 rings (SSSR count). The van der Waals surface area contributed by atoms with Crippen molar-refractivity contribution >= 4 is 11.6 Å². The van der Waals surface area contributed by atoms with Crippen LogP contribution in [0.5, 0.6) is 17.2 Å². The van der Waals surface area contributed by atoms with Crippen molar-refractivity contribution in [3.63, 3.8) is 0 Å². The van der Waals surface area contributed by atoms with Crippen LogP contribution in [0, 0.1) is 6.92 Å². The SMILES string of the molecule is COc1ccc(Oc2ccc(NC(=O)c3ccc(C(C)OC(C)C)nc3C)cc2)cc1. The fourth-order valence-corrected chi connectivity index (χ4v) is 3.11. The van der Waals surface area contributed by atoms with Gasteiger partial charge in [-0.2, -0.15) is 0 Å². The molecule has 0 saturated carbocycles. The Bertz CT molecular complexity index is 1010. The number of aromatic nitrogens is 1. The Labute approximate surface area is 183 Å². The van der Waals surface area contributed by atoms with Gasteiger partial charge in [-0.15, -0.1) is 0 Å². The van der Waals surface area contributed by atoms with E-state index < -0.39 is 0 Å². The maximum atomic E-state index is 12.7. The summed E-state index contributed by atoms with van der Waals surface area (Å²) in [6.45, 7) is 7.75. The van der Waals surface area contributed by atoms with Gasteiger partial charge >= 0.3 is 0 Å². The van der Waals surface area contributed by atoms with E-state index in [-0.39, 0.29) is 18.1 Å². The number of benzene rings is 2. The van der Waals surface area contributed by atoms with Crippen LogP contribution >= 0.6 is 0 Å². The molecule has 31 heavy (non-hydrogen) atoms. The number of hydrogen-bond donors (Lipinski definition) is 1. The molecule has 0 radical (unpaired) electrons. The van der Waals surface area contributed by atoms with E-state index in [1.165, 1.54) is 0 Å². The zero-order valence-electron chi connectivity index (χ0n) is 18.5. The predicted molar refractivity (Wildman–Crippen MR) is 121 cm³/mol. The van der Waals surface area contributed by atoms with Gasteiger partial charge < -0.3 is 19.5 Å². The number of carbonyl (C=O) groups excluding carboxylic acids is 1. The molecule has 2 aromatic carbocycles. The minimum Gasteiger partial charge on any atom is -0.497 e. The highest BCUT2D eigenvalue weighted by atomic mass is 16.5. The molecule has 6 heteroatoms. The first-order valence-electron chi connectivity index (χ1n) is 10.2. The highest BCUT2D eigenvalue weighted by Gasteiger charge is 2.15. The Hall–Kier alpha value is -3.38. The molecule has 1 atom stereocenters. The molecule has 1 heterocycles. The van der Waals surface area contributed by atoms with Crippen molar-refractivity contribution in [1.82, 2.24) is 4.98 Å². The van der Waals surface area contributed by atoms with Gasteiger partial charge in [0, 0.05) is 5.69 Å². The maximum absolute atomic E-state index is 12.7. The van der Waals surface area contributed by atoms with E-state index in [4.69, 9.17) is 14.2 Å². The molecule has 0 bridgehead atoms. The van der Waals surface area contributed by atoms with Crippen molar-refractivity contribution in [3.05, 3.63) is 77.6 Å². The molecule has 1 amide bonds. The number of hydrogen-bond acceptors (Lipinski definition) is 5. The molecular weight excluding hydrogens is 392 g/mol. The average molecular weight is 421 g/mol. The summed E-state index contributed by atoms with van der Waals surface area (Å²) in [5.74, 6) is 1.93. The monoisotopic (exact) mass is 420 g/mol. The van der Waals surface area contributed by atoms with E-state index >= 15 is 0 Å². The first-order chi connectivity index (χ1) is 14.9. The highest BCUT2D eigenvalue weighted by Crippen LogP contribution is 2.25. The molecule has 1 unspecified atom stereocenters. The molecule has 0 saturated heterocycles. The van der Waals surface area contributed by atoms with Gasteiger partial charge in [-0.05, 0) is 88.4 Å². The van der Waals surface area contributed by atoms with Crippen molar-refractivity contribution in [2.45, 2.75) is 39.9 Å². The molecule has 0 spiro atoms. The predicted octanol–water partition coefficient (Wildman–Crippen LogP) is 5.93. The average Bonchev–Trinajstić information content (AvgIpc) is 2.75. The van der Waals surface area contributed by atoms with Gasteiger partial charge in [-0.3, -0.25) is 9.78 Å². The third-order valence-corrected chi connectivity index (χ3v) is 4.65. The van der Waals surface area contributed by atoms with Crippen molar-refractivity contribution in [2.24, 2.45) is 0 Å². The summed E-state index contributed by atoms with van der Waals surface area (Å²) >= 11 is 0. The molecular formula is C25H28N2O4. The summed E-state index contributed by atoms with van der Waals surface area (Å²) < 4.78 is 16.7. The van der Waals surface area contributed by atoms with E-state index in [1.54, 1.807) is 37.4 Å². The lowest BCUT2D eigenvalue weighted by molar-refractivity contribution is 0.0154. The summed E-state index contributed by atoms with van der Waals surface area (Å²) in [6, 6.07) is 18.2. The van der Waals surface area contributed by atoms with Crippen LogP contribution in [-0.2, 0) is 4.74 Å². The standard InChI is InChI=1S/C25H28N2O4/c1-16(2)30-18(4)24-15-14-23(17(3)26-24)25(28)27-19-6-8-21(9-7-19)31-22-12-10-20(29-5)11-13-22/h6-16,18H,1-5H3,(H,27,28). The van der Waals surface area contributed by atoms with Crippen molar-refractivity contribution < 1.29 is 19.0 Å². The van der Waals surface area contributed by atoms with E-state index in [0.29, 0.717) is 28.4 Å². The topological polar surface area (TPSA) is 69.7 Å². The fraction of sp³-hybridized carbons (Fsp3) is 0.280. The van der Waals surface area contributed by atoms with E-state index in [9.17, 15) is 4.79 Å². The van der Waals surface area contributed by atoms with E-state index in [1.807, 2.05) is 58.0 Å². The summed E-state index contributed by atoms with van der Waals surface area (Å²) in [4.78, 5) is 17.3. The van der Waals surface area contributed by atoms with E-state index in [2.05, 4.69) is 10.3 Å². The van der Waals surface area contributed by atoms with Crippen molar-refractivity contribution in [2.75, 3.05) is 12.4 Å². The Kier molecular flexibility index (Phi) is 7.26. The lowest BCUT2D eigenvalue weighted by atomic mass is 10.1. The first kappa shape index (κ1) is 22.3. The van der Waals surface area contributed by atoms with Crippen LogP contribution in [0.4, 0.5) is 5.69 Å². The fourth-order valence-electron chi connectivity index (χ4n) is 3.11. The number of anilines is 1. The third kappa shape index (κ3) is 6.06. The Morgan fingerprint density at radius 1 is 0.871 bits per heavy atom. The molecule has 1 aromatic heterocycles. The minimum absolute atomic E-state index is 0.108. The number of methoxy groups -OCH3 is 1. The van der Waals surface area contributed by atoms with Gasteiger partial charge in [0.05, 0.1) is 36.3 Å². The van der Waals surface area contributed by atoms with Gasteiger partial charge in [-0.1, -0.05) is 0 Å². The second kappa shape index (κ2) is 10.1. The Morgan fingerprint density at radius 2 is 1.45 bits per heavy atom. The molecule has 6 nitrogen and oxygen atoms in total. The molecule has 0 aliphatic heterocycles. The molecule has 0 aliphatic carbocycles. The van der Waals surface area contributed by atoms with Crippen LogP contribution in [0.1, 0.15) is 48.6 Å². The normalized spacial score (nSPS) is 11.8. The second-order valence-corrected chi connectivity index (χ2v) is 7.45. The Morgan fingerprint density at radius 3 is 2.00 bits per heavy atom. The number of rotatable bonds is 8. The minimum atomic E-state index is -0.210. The summed E-state index contributed by atoms with van der Waals surface area (Å²) in [7, 11) is 1.62. The summed E-state index contributed by atoms with van der Waals surface area (Å²) in [6.07, 6.45) is -0.0224. The molecule has 0 fully saturated rings. The maximum Gasteiger partial charge on any atom is 0.257 e. The number of aryl methyl sites for hydroxylation is 1. The number of carbonyl (C=O) groups is 1. The van der Waals surface area contributed by atoms with Gasteiger partial charge in [0.15, 0.2) is 0 Å². The number of nitrogens with zero attached hydrogens (tertiary/aromatic N) is 1. The number of amides is 1. The second-order valence-electron chi connectivity index (χ2n) is 7.45. The van der Waals surface area contributed by atoms with E-state index in [0.717, 1.165) is 11.4 Å². The van der Waals surface area contributed by atoms with Gasteiger partial charge in [0.2, 0.25) is 0 Å². The third-order valence-electron chi connectivity index (χ3n) is 4.65. The summed E-state index contributed by atoms with van der Waals surface area (Å²) in [5, 5.41) is 2.90. The first-order valence-corrected chi connectivity index (χ1v) is 10.2. The molecule has 0 aliphatic rings. The zero-order chi connectivity index (χ0) is 22.4. The molecule has 162 valence electrons. The largest absolute Gasteiger partial charge is 0.497 e. The smallest absolute Gasteiger partial charge is 0.257 e. The van der Waals surface area contributed by atoms with Crippen molar-refractivity contribution in [1.29, 1.82) is 0 Å². The summed E-state index contributed by atoms with van der Waals surface area (Å²) in [5.41, 5.74) is 2.67. The highest BCUT2D eigenvalue weighted by molar-refractivity contribution is 6.05. The van der Waals surface area contributed by atoms with Crippen LogP contribution < -0.4 is 14.8 Å². The Balaban J connectivity index is 1.63. The quantitative estimate of drug-likeness (QED) is 0.489. The number of nitrogens with one attached hydrogen (secondary N) is 1. The number of ether oxygens (including phenoxy) is 3. The van der Waals surface area contributed by atoms with Crippen LogP contribution in [0.2, 0.25) is 0 Å². The lowest BCUT2D eigenvalue weighted by Gasteiger charge is -2.17. The molecule has 1 N–H and O–H groups in total. The van der Waals surface area contributed by atoms with Crippen LogP contribution in [0.25, 0.3) is 0 Å². The van der Waals surface area contributed by atoms with Gasteiger partial charge in [0.1, 0.15) is 17.2 Å². The van der Waals surface area contributed by atoms with Crippen LogP contribution in [0.3, 0.4) is 0 Å². The zero-order valence-corrected chi connectivity index (χ0v) is 18.5. The van der Waals surface area contributed by atoms with Crippen LogP contribution in [-0.4, -0.2) is 24.1 Å². The lowest BCUT2D eigenvalue weighted by Crippen LogP contribution is -2.16. The number of pyridine rings is 1. The van der Waals surface area contributed by atoms with Gasteiger partial charge in [-0.25, -0.2) is 0 Å². The van der Waals surface area contributed by atoms with Gasteiger partial charge in [0.25, 0.3) is 5.91 Å². The molecule has 3 aromatic rings.